The van der Waals surface area contributed by atoms with Crippen LogP contribution in [0.5, 0.6) is 5.75 Å². The standard InChI is InChI=1S/C13H20N2O2/c1-5-13(3,14)10-6-7-12(17-4)11(8-10)15-9(2)16/h6-8H,5,14H2,1-4H3,(H,15,16). The number of rotatable bonds is 4. The Labute approximate surface area is 102 Å². The van der Waals surface area contributed by atoms with Crippen LogP contribution in [-0.2, 0) is 10.3 Å². The predicted molar refractivity (Wildman–Crippen MR) is 69.1 cm³/mol. The SMILES string of the molecule is CCC(C)(N)c1ccc(OC)c(NC(C)=O)c1. The summed E-state index contributed by atoms with van der Waals surface area (Å²) in [5.41, 5.74) is 7.40. The molecule has 0 aliphatic carbocycles. The van der Waals surface area contributed by atoms with Crippen molar-refractivity contribution in [3.05, 3.63) is 23.8 Å². The van der Waals surface area contributed by atoms with Crippen LogP contribution in [0.3, 0.4) is 0 Å². The molecule has 1 atom stereocenters. The Morgan fingerprint density at radius 2 is 2.18 bits per heavy atom. The molecule has 4 heteroatoms. The van der Waals surface area contributed by atoms with Crippen molar-refractivity contribution in [3.8, 4) is 5.75 Å². The maximum absolute atomic E-state index is 11.1. The molecule has 1 aromatic rings. The first kappa shape index (κ1) is 13.5. The zero-order valence-electron chi connectivity index (χ0n) is 10.8. The van der Waals surface area contributed by atoms with E-state index in [1.807, 2.05) is 32.0 Å². The van der Waals surface area contributed by atoms with Gasteiger partial charge in [-0.1, -0.05) is 13.0 Å². The highest BCUT2D eigenvalue weighted by molar-refractivity contribution is 5.90. The van der Waals surface area contributed by atoms with Crippen molar-refractivity contribution in [3.63, 3.8) is 0 Å². The second-order valence-electron chi connectivity index (χ2n) is 4.37. The molecule has 1 rings (SSSR count). The highest BCUT2D eigenvalue weighted by Crippen LogP contribution is 2.30. The number of nitrogens with two attached hydrogens (primary N) is 1. The molecule has 0 spiro atoms. The summed E-state index contributed by atoms with van der Waals surface area (Å²) >= 11 is 0. The predicted octanol–water partition coefficient (Wildman–Crippen LogP) is 2.24. The summed E-state index contributed by atoms with van der Waals surface area (Å²) in [7, 11) is 1.57. The molecule has 1 amide bonds. The molecule has 94 valence electrons. The monoisotopic (exact) mass is 236 g/mol. The van der Waals surface area contributed by atoms with Crippen LogP contribution in [0.1, 0.15) is 32.8 Å². The lowest BCUT2D eigenvalue weighted by molar-refractivity contribution is -0.114. The third-order valence-electron chi connectivity index (χ3n) is 2.90. The van der Waals surface area contributed by atoms with E-state index in [4.69, 9.17) is 10.5 Å². The molecule has 17 heavy (non-hydrogen) atoms. The van der Waals surface area contributed by atoms with Gasteiger partial charge in [-0.25, -0.2) is 0 Å². The highest BCUT2D eigenvalue weighted by atomic mass is 16.5. The number of carbonyl (C=O) groups excluding carboxylic acids is 1. The first-order valence-corrected chi connectivity index (χ1v) is 5.65. The van der Waals surface area contributed by atoms with Gasteiger partial charge in [0.15, 0.2) is 0 Å². The van der Waals surface area contributed by atoms with Crippen molar-refractivity contribution < 1.29 is 9.53 Å². The van der Waals surface area contributed by atoms with Crippen LogP contribution in [0, 0.1) is 0 Å². The van der Waals surface area contributed by atoms with Crippen molar-refractivity contribution in [1.29, 1.82) is 0 Å². The number of methoxy groups -OCH3 is 1. The summed E-state index contributed by atoms with van der Waals surface area (Å²) in [6, 6.07) is 5.61. The molecule has 0 radical (unpaired) electrons. The molecule has 3 N–H and O–H groups in total. The molecule has 0 saturated heterocycles. The van der Waals surface area contributed by atoms with E-state index in [-0.39, 0.29) is 5.91 Å². The fourth-order valence-corrected chi connectivity index (χ4v) is 1.55. The van der Waals surface area contributed by atoms with Gasteiger partial charge in [0.25, 0.3) is 0 Å². The molecule has 0 saturated carbocycles. The number of hydrogen-bond acceptors (Lipinski definition) is 3. The van der Waals surface area contributed by atoms with E-state index in [1.54, 1.807) is 7.11 Å². The maximum atomic E-state index is 11.1. The van der Waals surface area contributed by atoms with Gasteiger partial charge in [-0.05, 0) is 31.0 Å². The lowest BCUT2D eigenvalue weighted by atomic mass is 9.90. The molecule has 4 nitrogen and oxygen atoms in total. The fraction of sp³-hybridized carbons (Fsp3) is 0.462. The quantitative estimate of drug-likeness (QED) is 0.842. The first-order valence-electron chi connectivity index (χ1n) is 5.65. The van der Waals surface area contributed by atoms with E-state index < -0.39 is 5.54 Å². The van der Waals surface area contributed by atoms with Gasteiger partial charge in [-0.2, -0.15) is 0 Å². The molecule has 0 fully saturated rings. The molecule has 0 heterocycles. The van der Waals surface area contributed by atoms with E-state index in [2.05, 4.69) is 5.32 Å². The van der Waals surface area contributed by atoms with Crippen LogP contribution in [0.2, 0.25) is 0 Å². The number of nitrogens with one attached hydrogen (secondary N) is 1. The summed E-state index contributed by atoms with van der Waals surface area (Å²) in [5.74, 6) is 0.506. The van der Waals surface area contributed by atoms with Crippen LogP contribution >= 0.6 is 0 Å². The van der Waals surface area contributed by atoms with Gasteiger partial charge < -0.3 is 15.8 Å². The van der Waals surface area contributed by atoms with Gasteiger partial charge in [0.05, 0.1) is 12.8 Å². The van der Waals surface area contributed by atoms with Crippen molar-refractivity contribution in [2.45, 2.75) is 32.7 Å². The Kier molecular flexibility index (Phi) is 4.12. The summed E-state index contributed by atoms with van der Waals surface area (Å²) in [6.07, 6.45) is 0.818. The summed E-state index contributed by atoms with van der Waals surface area (Å²) in [5, 5.41) is 2.74. The summed E-state index contributed by atoms with van der Waals surface area (Å²) < 4.78 is 5.19. The molecular weight excluding hydrogens is 216 g/mol. The number of anilines is 1. The molecule has 0 bridgehead atoms. The number of carbonyl (C=O) groups is 1. The average Bonchev–Trinajstić information content (AvgIpc) is 2.28. The van der Waals surface area contributed by atoms with Gasteiger partial charge in [0, 0.05) is 12.5 Å². The van der Waals surface area contributed by atoms with Crippen LogP contribution in [0.25, 0.3) is 0 Å². The topological polar surface area (TPSA) is 64.3 Å². The Morgan fingerprint density at radius 1 is 1.53 bits per heavy atom. The molecule has 0 aromatic heterocycles. The number of hydrogen-bond donors (Lipinski definition) is 2. The van der Waals surface area contributed by atoms with E-state index in [9.17, 15) is 4.79 Å². The summed E-state index contributed by atoms with van der Waals surface area (Å²) in [6.45, 7) is 5.46. The van der Waals surface area contributed by atoms with Crippen molar-refractivity contribution in [1.82, 2.24) is 0 Å². The Balaban J connectivity index is 3.17. The van der Waals surface area contributed by atoms with Gasteiger partial charge in [0.2, 0.25) is 5.91 Å². The summed E-state index contributed by atoms with van der Waals surface area (Å²) in [4.78, 5) is 11.1. The number of amides is 1. The number of ether oxygens (including phenoxy) is 1. The van der Waals surface area contributed by atoms with E-state index in [0.29, 0.717) is 11.4 Å². The van der Waals surface area contributed by atoms with Crippen LogP contribution in [-0.4, -0.2) is 13.0 Å². The molecule has 0 aliphatic heterocycles. The Morgan fingerprint density at radius 3 is 2.65 bits per heavy atom. The van der Waals surface area contributed by atoms with Crippen molar-refractivity contribution >= 4 is 11.6 Å². The van der Waals surface area contributed by atoms with Crippen molar-refractivity contribution in [2.75, 3.05) is 12.4 Å². The number of benzene rings is 1. The molecular formula is C13H20N2O2. The molecule has 1 unspecified atom stereocenters. The van der Waals surface area contributed by atoms with Gasteiger partial charge in [0.1, 0.15) is 5.75 Å². The molecule has 1 aromatic carbocycles. The van der Waals surface area contributed by atoms with Gasteiger partial charge in [-0.3, -0.25) is 4.79 Å². The minimum atomic E-state index is -0.403. The first-order chi connectivity index (χ1) is 7.90. The second-order valence-corrected chi connectivity index (χ2v) is 4.37. The normalized spacial score (nSPS) is 13.9. The van der Waals surface area contributed by atoms with Crippen molar-refractivity contribution in [2.24, 2.45) is 5.73 Å². The fourth-order valence-electron chi connectivity index (χ4n) is 1.55. The van der Waals surface area contributed by atoms with Crippen LogP contribution in [0.15, 0.2) is 18.2 Å². The zero-order chi connectivity index (χ0) is 13.1. The Hall–Kier alpha value is -1.55. The average molecular weight is 236 g/mol. The lowest BCUT2D eigenvalue weighted by Crippen LogP contribution is -2.32. The maximum Gasteiger partial charge on any atom is 0.221 e. The second kappa shape index (κ2) is 5.19. The largest absolute Gasteiger partial charge is 0.495 e. The molecule has 0 aliphatic rings. The highest BCUT2D eigenvalue weighted by Gasteiger charge is 2.20. The smallest absolute Gasteiger partial charge is 0.221 e. The third-order valence-corrected chi connectivity index (χ3v) is 2.90. The zero-order valence-corrected chi connectivity index (χ0v) is 10.8. The van der Waals surface area contributed by atoms with Crippen LogP contribution < -0.4 is 15.8 Å². The van der Waals surface area contributed by atoms with E-state index in [0.717, 1.165) is 12.0 Å². The minimum Gasteiger partial charge on any atom is -0.495 e. The van der Waals surface area contributed by atoms with Gasteiger partial charge in [-0.15, -0.1) is 0 Å². The minimum absolute atomic E-state index is 0.129. The Bertz CT molecular complexity index is 414. The van der Waals surface area contributed by atoms with Crippen LogP contribution in [0.4, 0.5) is 5.69 Å². The van der Waals surface area contributed by atoms with E-state index >= 15 is 0 Å². The lowest BCUT2D eigenvalue weighted by Gasteiger charge is -2.24. The third kappa shape index (κ3) is 3.20. The van der Waals surface area contributed by atoms with E-state index in [1.165, 1.54) is 6.92 Å². The van der Waals surface area contributed by atoms with Gasteiger partial charge >= 0.3 is 0 Å².